The predicted molar refractivity (Wildman–Crippen MR) is 27.3 cm³/mol. The highest BCUT2D eigenvalue weighted by molar-refractivity contribution is 5.57. The monoisotopic (exact) mass is 116 g/mol. The van der Waals surface area contributed by atoms with Crippen LogP contribution in [0, 0.1) is 0 Å². The van der Waals surface area contributed by atoms with E-state index >= 15 is 0 Å². The molecule has 2 atom stereocenters. The second kappa shape index (κ2) is 1.74. The summed E-state index contributed by atoms with van der Waals surface area (Å²) in [6.45, 7) is 3.86. The first-order valence-electron chi connectivity index (χ1n) is 2.75. The molecule has 0 aliphatic carbocycles. The highest BCUT2D eigenvalue weighted by Gasteiger charge is 2.31. The fourth-order valence-electron chi connectivity index (χ4n) is 0.680. The maximum Gasteiger partial charge on any atom is 0.513 e. The standard InChI is InChI=1S/C5H9NO2/c1-3-4(2)8-5(7)6-3/h3-4H,1-2H3,(H,6,7)/p+1. The normalized spacial score (nSPS) is 37.5. The minimum absolute atomic E-state index is 0.0856. The van der Waals surface area contributed by atoms with E-state index in [2.05, 4.69) is 0 Å². The van der Waals surface area contributed by atoms with Gasteiger partial charge >= 0.3 is 6.09 Å². The molecule has 1 aliphatic heterocycles. The van der Waals surface area contributed by atoms with Crippen LogP contribution in [0.3, 0.4) is 0 Å². The smallest absolute Gasteiger partial charge is 0.411 e. The maximum absolute atomic E-state index is 10.4. The van der Waals surface area contributed by atoms with Gasteiger partial charge in [-0.3, -0.25) is 0 Å². The van der Waals surface area contributed by atoms with Crippen molar-refractivity contribution in [3.8, 4) is 0 Å². The number of amides is 1. The lowest BCUT2D eigenvalue weighted by molar-refractivity contribution is -0.578. The lowest BCUT2D eigenvalue weighted by Crippen LogP contribution is -2.89. The van der Waals surface area contributed by atoms with E-state index in [4.69, 9.17) is 4.74 Å². The second-order valence-electron chi connectivity index (χ2n) is 2.17. The lowest BCUT2D eigenvalue weighted by Gasteiger charge is -1.98. The van der Waals surface area contributed by atoms with Crippen LogP contribution in [0.5, 0.6) is 0 Å². The molecule has 2 N–H and O–H groups in total. The number of ether oxygens (including phenoxy) is 1. The van der Waals surface area contributed by atoms with Gasteiger partial charge in [0.2, 0.25) is 0 Å². The third-order valence-electron chi connectivity index (χ3n) is 1.44. The Morgan fingerprint density at radius 1 is 1.62 bits per heavy atom. The SMILES string of the molecule is CC1[NH2+]C(=O)OC1C. The Morgan fingerprint density at radius 3 is 2.38 bits per heavy atom. The molecule has 0 radical (unpaired) electrons. The zero-order valence-corrected chi connectivity index (χ0v) is 5.05. The number of carbonyl (C=O) groups is 1. The van der Waals surface area contributed by atoms with Crippen molar-refractivity contribution in [2.75, 3.05) is 0 Å². The van der Waals surface area contributed by atoms with Gasteiger partial charge in [-0.15, -0.1) is 0 Å². The van der Waals surface area contributed by atoms with Crippen molar-refractivity contribution >= 4 is 6.09 Å². The summed E-state index contributed by atoms with van der Waals surface area (Å²) in [4.78, 5) is 10.4. The van der Waals surface area contributed by atoms with Crippen molar-refractivity contribution in [2.24, 2.45) is 0 Å². The summed E-state index contributed by atoms with van der Waals surface area (Å²) in [7, 11) is 0. The van der Waals surface area contributed by atoms with Gasteiger partial charge in [0.1, 0.15) is 6.04 Å². The van der Waals surface area contributed by atoms with Gasteiger partial charge in [0, 0.05) is 0 Å². The second-order valence-corrected chi connectivity index (χ2v) is 2.17. The van der Waals surface area contributed by atoms with Gasteiger partial charge < -0.3 is 4.74 Å². The van der Waals surface area contributed by atoms with Gasteiger partial charge in [0.15, 0.2) is 6.10 Å². The molecular formula is C5H10NO2+. The van der Waals surface area contributed by atoms with E-state index in [1.807, 2.05) is 13.8 Å². The Labute approximate surface area is 48.0 Å². The first-order valence-corrected chi connectivity index (χ1v) is 2.75. The van der Waals surface area contributed by atoms with Crippen molar-refractivity contribution in [3.63, 3.8) is 0 Å². The van der Waals surface area contributed by atoms with E-state index < -0.39 is 0 Å². The summed E-state index contributed by atoms with van der Waals surface area (Å²) in [6, 6.07) is 0.294. The van der Waals surface area contributed by atoms with Crippen LogP contribution in [-0.4, -0.2) is 18.2 Å². The molecule has 1 fully saturated rings. The summed E-state index contributed by atoms with van der Waals surface area (Å²) in [5.41, 5.74) is 0. The number of rotatable bonds is 0. The molecule has 1 rings (SSSR count). The minimum Gasteiger partial charge on any atom is -0.411 e. The van der Waals surface area contributed by atoms with Crippen molar-refractivity contribution in [1.29, 1.82) is 0 Å². The molecule has 1 aliphatic rings. The topological polar surface area (TPSA) is 42.9 Å². The summed E-state index contributed by atoms with van der Waals surface area (Å²) in [6.07, 6.45) is -0.0903. The van der Waals surface area contributed by atoms with Gasteiger partial charge in [-0.25, -0.2) is 5.32 Å². The Balaban J connectivity index is 2.51. The van der Waals surface area contributed by atoms with E-state index in [-0.39, 0.29) is 12.2 Å². The van der Waals surface area contributed by atoms with Crippen LogP contribution in [0.4, 0.5) is 4.79 Å². The number of primary amides is 1. The van der Waals surface area contributed by atoms with E-state index in [1.54, 1.807) is 5.32 Å². The zero-order chi connectivity index (χ0) is 6.15. The quantitative estimate of drug-likeness (QED) is 0.462. The molecule has 1 heterocycles. The fourth-order valence-corrected chi connectivity index (χ4v) is 0.680. The van der Waals surface area contributed by atoms with Crippen molar-refractivity contribution in [1.82, 2.24) is 0 Å². The first kappa shape index (κ1) is 5.56. The van der Waals surface area contributed by atoms with Crippen LogP contribution in [0.15, 0.2) is 0 Å². The van der Waals surface area contributed by atoms with Gasteiger partial charge in [-0.2, -0.15) is 4.79 Å². The maximum atomic E-state index is 10.4. The number of cyclic esters (lactones) is 1. The Bertz CT molecular complexity index is 101. The lowest BCUT2D eigenvalue weighted by atomic mass is 10.2. The van der Waals surface area contributed by atoms with Crippen molar-refractivity contribution in [3.05, 3.63) is 0 Å². The van der Waals surface area contributed by atoms with Gasteiger partial charge in [-0.05, 0) is 13.8 Å². The summed E-state index contributed by atoms with van der Waals surface area (Å²) >= 11 is 0. The van der Waals surface area contributed by atoms with E-state index in [0.717, 1.165) is 0 Å². The number of carbonyl (C=O) groups excluding carboxylic acids is 1. The molecule has 3 heteroatoms. The van der Waals surface area contributed by atoms with E-state index in [1.165, 1.54) is 0 Å². The number of hydrogen-bond acceptors (Lipinski definition) is 2. The first-order chi connectivity index (χ1) is 3.70. The third kappa shape index (κ3) is 0.816. The van der Waals surface area contributed by atoms with E-state index in [0.29, 0.717) is 6.04 Å². The molecule has 0 saturated carbocycles. The van der Waals surface area contributed by atoms with Gasteiger partial charge in [0.05, 0.1) is 0 Å². The molecule has 1 amide bonds. The van der Waals surface area contributed by atoms with Crippen molar-refractivity contribution in [2.45, 2.75) is 26.0 Å². The van der Waals surface area contributed by atoms with Crippen LogP contribution in [0.1, 0.15) is 13.8 Å². The van der Waals surface area contributed by atoms with Crippen LogP contribution >= 0.6 is 0 Å². The molecular weight excluding hydrogens is 106 g/mol. The number of quaternary nitrogens is 1. The molecule has 1 saturated heterocycles. The Kier molecular flexibility index (Phi) is 1.21. The molecule has 46 valence electrons. The zero-order valence-electron chi connectivity index (χ0n) is 5.05. The van der Waals surface area contributed by atoms with Crippen LogP contribution < -0.4 is 5.32 Å². The molecule has 0 aromatic carbocycles. The summed E-state index contributed by atoms with van der Waals surface area (Å²) in [5, 5.41) is 1.60. The number of hydrogen-bond donors (Lipinski definition) is 1. The fraction of sp³-hybridized carbons (Fsp3) is 0.800. The molecule has 0 aromatic heterocycles. The highest BCUT2D eigenvalue weighted by atomic mass is 16.6. The minimum atomic E-state index is -0.176. The Hall–Kier alpha value is -0.570. The van der Waals surface area contributed by atoms with Gasteiger partial charge in [0.25, 0.3) is 0 Å². The largest absolute Gasteiger partial charge is 0.513 e. The summed E-state index contributed by atoms with van der Waals surface area (Å²) in [5.74, 6) is 0. The van der Waals surface area contributed by atoms with E-state index in [9.17, 15) is 4.79 Å². The van der Waals surface area contributed by atoms with Crippen molar-refractivity contribution < 1.29 is 14.8 Å². The van der Waals surface area contributed by atoms with Crippen LogP contribution in [-0.2, 0) is 4.74 Å². The average Bonchev–Trinajstić information content (AvgIpc) is 1.85. The average molecular weight is 116 g/mol. The molecule has 0 spiro atoms. The van der Waals surface area contributed by atoms with Gasteiger partial charge in [-0.1, -0.05) is 0 Å². The predicted octanol–water partition coefficient (Wildman–Crippen LogP) is -0.523. The molecule has 0 aromatic rings. The molecule has 2 unspecified atom stereocenters. The highest BCUT2D eigenvalue weighted by Crippen LogP contribution is 1.97. The molecule has 8 heavy (non-hydrogen) atoms. The number of nitrogens with two attached hydrogens (primary N) is 1. The Morgan fingerprint density at radius 2 is 2.25 bits per heavy atom. The molecule has 0 bridgehead atoms. The van der Waals surface area contributed by atoms with Crippen LogP contribution in [0.25, 0.3) is 0 Å². The third-order valence-corrected chi connectivity index (χ3v) is 1.44. The summed E-state index contributed by atoms with van der Waals surface area (Å²) < 4.78 is 4.78. The van der Waals surface area contributed by atoms with Crippen LogP contribution in [0.2, 0.25) is 0 Å². The molecule has 3 nitrogen and oxygen atoms in total.